The molecule has 1 heterocycles. The number of halogens is 1. The summed E-state index contributed by atoms with van der Waals surface area (Å²) in [6.45, 7) is 2.70. The molecule has 4 heteroatoms. The van der Waals surface area contributed by atoms with Crippen molar-refractivity contribution in [2.24, 2.45) is 0 Å². The number of hydrogen-bond acceptors (Lipinski definition) is 3. The summed E-state index contributed by atoms with van der Waals surface area (Å²) >= 11 is 3.58. The number of rotatable bonds is 5. The maximum atomic E-state index is 5.50. The van der Waals surface area contributed by atoms with Gasteiger partial charge in [-0.1, -0.05) is 15.9 Å². The number of ether oxygens (including phenoxy) is 1. The Bertz CT molecular complexity index is 442. The van der Waals surface area contributed by atoms with Crippen LogP contribution in [-0.2, 0) is 11.3 Å². The lowest BCUT2D eigenvalue weighted by Gasteiger charge is -2.28. The Labute approximate surface area is 123 Å². The van der Waals surface area contributed by atoms with Crippen molar-refractivity contribution in [3.05, 3.63) is 28.2 Å². The van der Waals surface area contributed by atoms with Crippen molar-refractivity contribution >= 4 is 21.6 Å². The standard InChI is InChI=1S/C15H21BrN2O/c1-18(14-6-7-19-10-14)15-5-2-12(16)8-11(15)9-17-13-3-4-13/h2,5,8,13-14,17H,3-4,6-7,9-10H2,1H3. The molecule has 1 aromatic rings. The molecule has 1 atom stereocenters. The van der Waals surface area contributed by atoms with Crippen molar-refractivity contribution in [3.63, 3.8) is 0 Å². The third-order valence-electron chi connectivity index (χ3n) is 4.03. The first kappa shape index (κ1) is 13.4. The minimum atomic E-state index is 0.515. The zero-order valence-electron chi connectivity index (χ0n) is 11.4. The quantitative estimate of drug-likeness (QED) is 0.901. The Kier molecular flexibility index (Phi) is 4.10. The molecule has 1 aromatic carbocycles. The van der Waals surface area contributed by atoms with Gasteiger partial charge in [0.05, 0.1) is 12.6 Å². The van der Waals surface area contributed by atoms with E-state index in [1.54, 1.807) is 0 Å². The lowest BCUT2D eigenvalue weighted by atomic mass is 10.1. The first-order valence-corrected chi connectivity index (χ1v) is 7.86. The number of nitrogens with zero attached hydrogens (tertiary/aromatic N) is 1. The molecule has 1 saturated heterocycles. The lowest BCUT2D eigenvalue weighted by molar-refractivity contribution is 0.193. The van der Waals surface area contributed by atoms with Gasteiger partial charge in [0.25, 0.3) is 0 Å². The maximum absolute atomic E-state index is 5.50. The van der Waals surface area contributed by atoms with Crippen LogP contribution >= 0.6 is 15.9 Å². The van der Waals surface area contributed by atoms with Gasteiger partial charge in [0.1, 0.15) is 0 Å². The van der Waals surface area contributed by atoms with Crippen LogP contribution in [-0.4, -0.2) is 32.3 Å². The Morgan fingerprint density at radius 1 is 1.37 bits per heavy atom. The van der Waals surface area contributed by atoms with Crippen LogP contribution in [0.3, 0.4) is 0 Å². The van der Waals surface area contributed by atoms with Crippen LogP contribution in [0.2, 0.25) is 0 Å². The summed E-state index contributed by atoms with van der Waals surface area (Å²) in [6.07, 6.45) is 3.79. The fraction of sp³-hybridized carbons (Fsp3) is 0.600. The van der Waals surface area contributed by atoms with Gasteiger partial charge in [0.2, 0.25) is 0 Å². The molecule has 1 saturated carbocycles. The Morgan fingerprint density at radius 3 is 2.89 bits per heavy atom. The van der Waals surface area contributed by atoms with Gasteiger partial charge in [0, 0.05) is 36.4 Å². The zero-order valence-corrected chi connectivity index (χ0v) is 12.9. The van der Waals surface area contributed by atoms with Crippen LogP contribution in [0.5, 0.6) is 0 Å². The molecular weight excluding hydrogens is 304 g/mol. The molecule has 0 aromatic heterocycles. The average molecular weight is 325 g/mol. The monoisotopic (exact) mass is 324 g/mol. The average Bonchev–Trinajstić information content (AvgIpc) is 3.07. The third-order valence-corrected chi connectivity index (χ3v) is 4.53. The summed E-state index contributed by atoms with van der Waals surface area (Å²) in [4.78, 5) is 2.38. The van der Waals surface area contributed by atoms with Crippen molar-refractivity contribution in [1.82, 2.24) is 5.32 Å². The van der Waals surface area contributed by atoms with Gasteiger partial charge in [0.15, 0.2) is 0 Å². The van der Waals surface area contributed by atoms with E-state index in [1.165, 1.54) is 24.1 Å². The van der Waals surface area contributed by atoms with E-state index in [1.807, 2.05) is 0 Å². The molecular formula is C15H21BrN2O. The highest BCUT2D eigenvalue weighted by Crippen LogP contribution is 2.28. The lowest BCUT2D eigenvalue weighted by Crippen LogP contribution is -2.33. The van der Waals surface area contributed by atoms with Crippen LogP contribution in [0.25, 0.3) is 0 Å². The first-order chi connectivity index (χ1) is 9.24. The second-order valence-corrected chi connectivity index (χ2v) is 6.47. The van der Waals surface area contributed by atoms with Crippen molar-refractivity contribution in [2.45, 2.75) is 37.9 Å². The van der Waals surface area contributed by atoms with E-state index in [0.29, 0.717) is 6.04 Å². The summed E-state index contributed by atoms with van der Waals surface area (Å²) in [5.74, 6) is 0. The van der Waals surface area contributed by atoms with E-state index < -0.39 is 0 Å². The highest BCUT2D eigenvalue weighted by molar-refractivity contribution is 9.10. The largest absolute Gasteiger partial charge is 0.379 e. The molecule has 1 unspecified atom stereocenters. The van der Waals surface area contributed by atoms with E-state index in [9.17, 15) is 0 Å². The second-order valence-electron chi connectivity index (χ2n) is 5.56. The summed E-state index contributed by atoms with van der Waals surface area (Å²) in [5, 5.41) is 3.61. The zero-order chi connectivity index (χ0) is 13.2. The van der Waals surface area contributed by atoms with Crippen molar-refractivity contribution in [2.75, 3.05) is 25.2 Å². The van der Waals surface area contributed by atoms with Crippen LogP contribution in [0, 0.1) is 0 Å². The van der Waals surface area contributed by atoms with Gasteiger partial charge >= 0.3 is 0 Å². The summed E-state index contributed by atoms with van der Waals surface area (Å²) < 4.78 is 6.66. The topological polar surface area (TPSA) is 24.5 Å². The Balaban J connectivity index is 1.76. The molecule has 2 aliphatic rings. The third kappa shape index (κ3) is 3.30. The van der Waals surface area contributed by atoms with E-state index in [0.717, 1.165) is 36.7 Å². The highest BCUT2D eigenvalue weighted by Gasteiger charge is 2.24. The Hall–Kier alpha value is -0.580. The molecule has 104 valence electrons. The van der Waals surface area contributed by atoms with Crippen LogP contribution in [0.4, 0.5) is 5.69 Å². The Morgan fingerprint density at radius 2 is 2.21 bits per heavy atom. The molecule has 0 radical (unpaired) electrons. The van der Waals surface area contributed by atoms with E-state index in [2.05, 4.69) is 51.4 Å². The van der Waals surface area contributed by atoms with Crippen molar-refractivity contribution in [1.29, 1.82) is 0 Å². The van der Waals surface area contributed by atoms with Crippen molar-refractivity contribution < 1.29 is 4.74 Å². The SMILES string of the molecule is CN(c1ccc(Br)cc1CNC1CC1)C1CCOC1. The van der Waals surface area contributed by atoms with Crippen LogP contribution < -0.4 is 10.2 Å². The molecule has 1 aliphatic heterocycles. The van der Waals surface area contributed by atoms with Gasteiger partial charge in [-0.3, -0.25) is 0 Å². The molecule has 1 N–H and O–H groups in total. The fourth-order valence-electron chi connectivity index (χ4n) is 2.61. The number of anilines is 1. The van der Waals surface area contributed by atoms with Gasteiger partial charge in [-0.15, -0.1) is 0 Å². The molecule has 0 spiro atoms. The molecule has 0 amide bonds. The molecule has 3 rings (SSSR count). The molecule has 3 nitrogen and oxygen atoms in total. The summed E-state index contributed by atoms with van der Waals surface area (Å²) in [6, 6.07) is 7.83. The smallest absolute Gasteiger partial charge is 0.0670 e. The van der Waals surface area contributed by atoms with Crippen LogP contribution in [0.15, 0.2) is 22.7 Å². The van der Waals surface area contributed by atoms with Gasteiger partial charge in [-0.05, 0) is 43.0 Å². The number of nitrogens with one attached hydrogen (secondary N) is 1. The highest BCUT2D eigenvalue weighted by atomic mass is 79.9. The number of benzene rings is 1. The van der Waals surface area contributed by atoms with Gasteiger partial charge in [-0.2, -0.15) is 0 Å². The summed E-state index contributed by atoms with van der Waals surface area (Å²) in [5.41, 5.74) is 2.70. The second kappa shape index (κ2) is 5.81. The first-order valence-electron chi connectivity index (χ1n) is 7.06. The molecule has 1 aliphatic carbocycles. The van der Waals surface area contributed by atoms with Gasteiger partial charge in [-0.25, -0.2) is 0 Å². The fourth-order valence-corrected chi connectivity index (χ4v) is 3.01. The maximum Gasteiger partial charge on any atom is 0.0670 e. The predicted octanol–water partition coefficient (Wildman–Crippen LogP) is 2.93. The predicted molar refractivity (Wildman–Crippen MR) is 81.6 cm³/mol. The molecule has 19 heavy (non-hydrogen) atoms. The van der Waals surface area contributed by atoms with E-state index in [4.69, 9.17) is 4.74 Å². The number of hydrogen-bond donors (Lipinski definition) is 1. The minimum Gasteiger partial charge on any atom is -0.379 e. The van der Waals surface area contributed by atoms with Crippen LogP contribution in [0.1, 0.15) is 24.8 Å². The normalized spacial score (nSPS) is 22.7. The summed E-state index contributed by atoms with van der Waals surface area (Å²) in [7, 11) is 2.18. The van der Waals surface area contributed by atoms with E-state index >= 15 is 0 Å². The molecule has 2 fully saturated rings. The van der Waals surface area contributed by atoms with E-state index in [-0.39, 0.29) is 0 Å². The minimum absolute atomic E-state index is 0.515. The van der Waals surface area contributed by atoms with Crippen molar-refractivity contribution in [3.8, 4) is 0 Å². The molecule has 0 bridgehead atoms. The number of likely N-dealkylation sites (N-methyl/N-ethyl adjacent to an activating group) is 1. The van der Waals surface area contributed by atoms with Gasteiger partial charge < -0.3 is 15.0 Å².